The van der Waals surface area contributed by atoms with Crippen LogP contribution in [-0.2, 0) is 14.4 Å². The highest BCUT2D eigenvalue weighted by molar-refractivity contribution is 6.08. The maximum atomic E-state index is 13.4. The van der Waals surface area contributed by atoms with Gasteiger partial charge in [-0.2, -0.15) is 0 Å². The Kier molecular flexibility index (Phi) is 3.72. The molecule has 0 radical (unpaired) electrons. The van der Waals surface area contributed by atoms with E-state index in [4.69, 9.17) is 4.84 Å². The van der Waals surface area contributed by atoms with Gasteiger partial charge in [-0.3, -0.25) is 9.59 Å². The van der Waals surface area contributed by atoms with Gasteiger partial charge in [0.2, 0.25) is 0 Å². The van der Waals surface area contributed by atoms with Crippen LogP contribution in [0.15, 0.2) is 72.8 Å². The molecule has 0 spiro atoms. The fourth-order valence-corrected chi connectivity index (χ4v) is 5.65. The Labute approximate surface area is 179 Å². The van der Waals surface area contributed by atoms with Crippen molar-refractivity contribution >= 4 is 17.8 Å². The molecule has 1 saturated heterocycles. The van der Waals surface area contributed by atoms with E-state index >= 15 is 0 Å². The first kappa shape index (κ1) is 18.1. The van der Waals surface area contributed by atoms with E-state index in [1.54, 1.807) is 18.2 Å². The van der Waals surface area contributed by atoms with Crippen LogP contribution in [-0.4, -0.2) is 22.8 Å². The lowest BCUT2D eigenvalue weighted by molar-refractivity contribution is -0.174. The van der Waals surface area contributed by atoms with Gasteiger partial charge in [0, 0.05) is 11.8 Å². The molecule has 3 aliphatic carbocycles. The van der Waals surface area contributed by atoms with Crippen molar-refractivity contribution in [2.45, 2.75) is 18.8 Å². The molecule has 0 unspecified atom stereocenters. The number of amides is 2. The lowest BCUT2D eigenvalue weighted by atomic mass is 9.55. The quantitative estimate of drug-likeness (QED) is 0.601. The zero-order chi connectivity index (χ0) is 21.3. The zero-order valence-corrected chi connectivity index (χ0v) is 16.8. The van der Waals surface area contributed by atoms with Gasteiger partial charge in [0.05, 0.1) is 17.4 Å². The van der Waals surface area contributed by atoms with Crippen molar-refractivity contribution in [3.05, 3.63) is 106 Å². The average Bonchev–Trinajstić information content (AvgIpc) is 3.04. The number of imide groups is 1. The van der Waals surface area contributed by atoms with Crippen LogP contribution in [0.3, 0.4) is 0 Å². The van der Waals surface area contributed by atoms with Gasteiger partial charge in [0.25, 0.3) is 11.8 Å². The van der Waals surface area contributed by atoms with Gasteiger partial charge in [-0.15, -0.1) is 5.06 Å². The molecule has 2 bridgehead atoms. The molecule has 7 rings (SSSR count). The van der Waals surface area contributed by atoms with Crippen LogP contribution < -0.4 is 0 Å². The summed E-state index contributed by atoms with van der Waals surface area (Å²) in [6, 6.07) is 22.9. The number of hydrogen-bond acceptors (Lipinski definition) is 4. The fraction of sp³-hybridized carbons (Fsp3) is 0.192. The molecule has 3 aromatic rings. The number of aryl methyl sites for hydroxylation is 1. The number of hydrogen-bond donors (Lipinski definition) is 0. The molecule has 5 nitrogen and oxygen atoms in total. The van der Waals surface area contributed by atoms with E-state index < -0.39 is 29.6 Å². The molecule has 0 saturated carbocycles. The summed E-state index contributed by atoms with van der Waals surface area (Å²) < 4.78 is 0. The Balaban J connectivity index is 1.42. The SMILES string of the molecule is Cc1cccc(C(=O)ON2C(=O)[C@@H]3C4c5ccccc5C(c5ccccc54)[C@@H]3C2=O)c1. The van der Waals surface area contributed by atoms with Crippen molar-refractivity contribution in [2.24, 2.45) is 11.8 Å². The highest BCUT2D eigenvalue weighted by Gasteiger charge is 2.62. The van der Waals surface area contributed by atoms with Crippen molar-refractivity contribution in [3.8, 4) is 0 Å². The third kappa shape index (κ3) is 2.40. The third-order valence-corrected chi connectivity index (χ3v) is 6.84. The third-order valence-electron chi connectivity index (χ3n) is 6.84. The predicted molar refractivity (Wildman–Crippen MR) is 112 cm³/mol. The molecule has 1 aliphatic heterocycles. The molecule has 0 aromatic heterocycles. The topological polar surface area (TPSA) is 63.7 Å². The fourth-order valence-electron chi connectivity index (χ4n) is 5.65. The van der Waals surface area contributed by atoms with Crippen molar-refractivity contribution < 1.29 is 19.2 Å². The number of benzene rings is 3. The van der Waals surface area contributed by atoms with Gasteiger partial charge in [0.1, 0.15) is 0 Å². The molecule has 4 aliphatic rings. The molecule has 0 N–H and O–H groups in total. The van der Waals surface area contributed by atoms with Crippen molar-refractivity contribution in [2.75, 3.05) is 0 Å². The number of hydroxylamine groups is 2. The second kappa shape index (κ2) is 6.38. The average molecular weight is 409 g/mol. The van der Waals surface area contributed by atoms with E-state index in [2.05, 4.69) is 0 Å². The van der Waals surface area contributed by atoms with E-state index in [-0.39, 0.29) is 11.8 Å². The molecule has 31 heavy (non-hydrogen) atoms. The lowest BCUT2D eigenvalue weighted by Crippen LogP contribution is -2.41. The Morgan fingerprint density at radius 3 is 1.68 bits per heavy atom. The summed E-state index contributed by atoms with van der Waals surface area (Å²) in [5.41, 5.74) is 5.54. The van der Waals surface area contributed by atoms with Gasteiger partial charge >= 0.3 is 5.97 Å². The maximum absolute atomic E-state index is 13.4. The summed E-state index contributed by atoms with van der Waals surface area (Å²) in [4.78, 5) is 44.9. The van der Waals surface area contributed by atoms with Crippen molar-refractivity contribution in [1.29, 1.82) is 0 Å². The van der Waals surface area contributed by atoms with Gasteiger partial charge in [0.15, 0.2) is 0 Å². The summed E-state index contributed by atoms with van der Waals surface area (Å²) >= 11 is 0. The minimum atomic E-state index is -0.702. The normalized spacial score (nSPS) is 25.1. The highest BCUT2D eigenvalue weighted by atomic mass is 16.7. The van der Waals surface area contributed by atoms with E-state index in [1.807, 2.05) is 61.5 Å². The maximum Gasteiger partial charge on any atom is 0.363 e. The van der Waals surface area contributed by atoms with Crippen molar-refractivity contribution in [3.63, 3.8) is 0 Å². The van der Waals surface area contributed by atoms with Gasteiger partial charge < -0.3 is 4.84 Å². The molecule has 1 heterocycles. The molecular weight excluding hydrogens is 390 g/mol. The largest absolute Gasteiger partial charge is 0.363 e. The Bertz CT molecular complexity index is 1160. The summed E-state index contributed by atoms with van der Waals surface area (Å²) in [5.74, 6) is -3.14. The van der Waals surface area contributed by atoms with E-state index in [0.29, 0.717) is 5.56 Å². The monoisotopic (exact) mass is 409 g/mol. The molecular formula is C26H19NO4. The van der Waals surface area contributed by atoms with Gasteiger partial charge in [-0.05, 0) is 41.3 Å². The first-order chi connectivity index (χ1) is 15.1. The number of rotatable bonds is 2. The van der Waals surface area contributed by atoms with Gasteiger partial charge in [-0.1, -0.05) is 66.2 Å². The van der Waals surface area contributed by atoms with Crippen LogP contribution in [0.25, 0.3) is 0 Å². The zero-order valence-electron chi connectivity index (χ0n) is 16.8. The number of carbonyl (C=O) groups excluding carboxylic acids is 3. The van der Waals surface area contributed by atoms with E-state index in [9.17, 15) is 14.4 Å². The smallest absolute Gasteiger partial charge is 0.325 e. The van der Waals surface area contributed by atoms with E-state index in [1.165, 1.54) is 0 Å². The van der Waals surface area contributed by atoms with Crippen LogP contribution in [0.5, 0.6) is 0 Å². The first-order valence-corrected chi connectivity index (χ1v) is 10.4. The van der Waals surface area contributed by atoms with Crippen LogP contribution in [0.4, 0.5) is 0 Å². The minimum Gasteiger partial charge on any atom is -0.325 e. The highest BCUT2D eigenvalue weighted by Crippen LogP contribution is 2.60. The molecule has 152 valence electrons. The summed E-state index contributed by atoms with van der Waals surface area (Å²) in [6.07, 6.45) is 0. The summed E-state index contributed by atoms with van der Waals surface area (Å²) in [7, 11) is 0. The molecule has 5 heteroatoms. The van der Waals surface area contributed by atoms with Crippen LogP contribution in [0, 0.1) is 18.8 Å². The first-order valence-electron chi connectivity index (χ1n) is 10.4. The molecule has 2 amide bonds. The Morgan fingerprint density at radius 1 is 0.742 bits per heavy atom. The molecule has 3 aromatic carbocycles. The Morgan fingerprint density at radius 2 is 1.23 bits per heavy atom. The van der Waals surface area contributed by atoms with E-state index in [0.717, 1.165) is 32.9 Å². The number of carbonyl (C=O) groups is 3. The summed E-state index contributed by atoms with van der Waals surface area (Å²) in [5, 5.41) is 0.720. The minimum absolute atomic E-state index is 0.221. The standard InChI is InChI=1S/C26H19NO4/c1-14-7-6-8-15(13-14)26(30)31-27-24(28)22-20-16-9-2-3-10-17(16)21(23(22)25(27)29)19-12-5-4-11-18(19)20/h2-13,20-23H,1H3/t20?,21?,22-,23+. The Hall–Kier alpha value is -3.73. The lowest BCUT2D eigenvalue weighted by Gasteiger charge is -2.45. The number of nitrogens with zero attached hydrogens (tertiary/aromatic N) is 1. The second-order valence-corrected chi connectivity index (χ2v) is 8.48. The van der Waals surface area contributed by atoms with Crippen molar-refractivity contribution in [1.82, 2.24) is 5.06 Å². The van der Waals surface area contributed by atoms with Crippen LogP contribution >= 0.6 is 0 Å². The summed E-state index contributed by atoms with van der Waals surface area (Å²) in [6.45, 7) is 1.86. The molecule has 1 fully saturated rings. The predicted octanol–water partition coefficient (Wildman–Crippen LogP) is 3.96. The molecule has 2 atom stereocenters. The van der Waals surface area contributed by atoms with Gasteiger partial charge in [-0.25, -0.2) is 4.79 Å². The van der Waals surface area contributed by atoms with Crippen LogP contribution in [0.2, 0.25) is 0 Å². The van der Waals surface area contributed by atoms with Crippen LogP contribution in [0.1, 0.15) is 50.0 Å². The second-order valence-electron chi connectivity index (χ2n) is 8.48.